The molecule has 72 valence electrons. The van der Waals surface area contributed by atoms with Gasteiger partial charge in [0, 0.05) is 11.9 Å². The van der Waals surface area contributed by atoms with Crippen molar-refractivity contribution in [3.05, 3.63) is 28.8 Å². The number of nitrogens with zero attached hydrogens (tertiary/aromatic N) is 3. The molecular weight excluding hydrogens is 202 g/mol. The molecule has 0 bridgehead atoms. The van der Waals surface area contributed by atoms with E-state index in [9.17, 15) is 0 Å². The Balaban J connectivity index is 2.55. The fourth-order valence-corrected chi connectivity index (χ4v) is 1.30. The molecule has 0 amide bonds. The van der Waals surface area contributed by atoms with Crippen LogP contribution in [-0.4, -0.2) is 15.1 Å². The molecule has 0 aliphatic rings. The zero-order valence-electron chi connectivity index (χ0n) is 7.78. The number of rotatable bonds is 1. The Morgan fingerprint density at radius 2 is 2.14 bits per heavy atom. The summed E-state index contributed by atoms with van der Waals surface area (Å²) in [6.07, 6.45) is 1.58. The van der Waals surface area contributed by atoms with Crippen LogP contribution in [0.25, 0.3) is 11.5 Å². The second kappa shape index (κ2) is 3.38. The van der Waals surface area contributed by atoms with E-state index in [2.05, 4.69) is 15.1 Å². The van der Waals surface area contributed by atoms with E-state index in [4.69, 9.17) is 16.1 Å². The molecule has 5 heteroatoms. The number of aryl methyl sites for hydroxylation is 2. The van der Waals surface area contributed by atoms with Crippen molar-refractivity contribution in [1.29, 1.82) is 0 Å². The van der Waals surface area contributed by atoms with Gasteiger partial charge in [0.05, 0.1) is 10.6 Å². The monoisotopic (exact) mass is 209 g/mol. The summed E-state index contributed by atoms with van der Waals surface area (Å²) in [7, 11) is 0. The summed E-state index contributed by atoms with van der Waals surface area (Å²) in [5, 5.41) is 4.21. The van der Waals surface area contributed by atoms with Crippen LogP contribution in [0.4, 0.5) is 0 Å². The number of pyridine rings is 1. The van der Waals surface area contributed by atoms with Crippen molar-refractivity contribution in [2.24, 2.45) is 0 Å². The zero-order chi connectivity index (χ0) is 10.1. The first kappa shape index (κ1) is 9.15. The van der Waals surface area contributed by atoms with Crippen molar-refractivity contribution < 1.29 is 4.52 Å². The molecule has 0 aliphatic carbocycles. The maximum Gasteiger partial charge on any atom is 0.259 e. The van der Waals surface area contributed by atoms with Crippen LogP contribution < -0.4 is 0 Å². The van der Waals surface area contributed by atoms with Crippen LogP contribution in [0.5, 0.6) is 0 Å². The molecule has 0 saturated carbocycles. The summed E-state index contributed by atoms with van der Waals surface area (Å²) in [5.74, 6) is 1.02. The summed E-state index contributed by atoms with van der Waals surface area (Å²) < 4.78 is 5.01. The van der Waals surface area contributed by atoms with Gasteiger partial charge in [0.2, 0.25) is 0 Å². The van der Waals surface area contributed by atoms with E-state index in [0.29, 0.717) is 16.7 Å². The Morgan fingerprint density at radius 1 is 1.36 bits per heavy atom. The van der Waals surface area contributed by atoms with Gasteiger partial charge < -0.3 is 4.52 Å². The Morgan fingerprint density at radius 3 is 2.79 bits per heavy atom. The molecule has 14 heavy (non-hydrogen) atoms. The molecule has 0 unspecified atom stereocenters. The second-order valence-corrected chi connectivity index (χ2v) is 3.36. The maximum atomic E-state index is 5.95. The zero-order valence-corrected chi connectivity index (χ0v) is 8.54. The highest BCUT2D eigenvalue weighted by Gasteiger charge is 2.10. The topological polar surface area (TPSA) is 51.8 Å². The number of aromatic nitrogens is 3. The van der Waals surface area contributed by atoms with E-state index in [1.165, 1.54) is 0 Å². The first-order valence-electron chi connectivity index (χ1n) is 4.09. The van der Waals surface area contributed by atoms with Gasteiger partial charge in [-0.3, -0.25) is 4.98 Å². The SMILES string of the molecule is Cc1cc(-c2nc(C)no2)c(Cl)cn1. The molecule has 0 aliphatic heterocycles. The Kier molecular flexibility index (Phi) is 2.21. The lowest BCUT2D eigenvalue weighted by Crippen LogP contribution is -1.85. The highest BCUT2D eigenvalue weighted by molar-refractivity contribution is 6.33. The van der Waals surface area contributed by atoms with Gasteiger partial charge in [-0.15, -0.1) is 0 Å². The van der Waals surface area contributed by atoms with Gasteiger partial charge in [0.1, 0.15) is 0 Å². The molecule has 0 aromatic carbocycles. The first-order valence-corrected chi connectivity index (χ1v) is 4.47. The van der Waals surface area contributed by atoms with E-state index >= 15 is 0 Å². The lowest BCUT2D eigenvalue weighted by molar-refractivity contribution is 0.425. The molecule has 0 atom stereocenters. The lowest BCUT2D eigenvalue weighted by atomic mass is 10.2. The second-order valence-electron chi connectivity index (χ2n) is 2.95. The molecule has 2 aromatic rings. The van der Waals surface area contributed by atoms with Crippen LogP contribution in [0.2, 0.25) is 5.02 Å². The van der Waals surface area contributed by atoms with E-state index < -0.39 is 0 Å². The summed E-state index contributed by atoms with van der Waals surface area (Å²) in [4.78, 5) is 8.14. The highest BCUT2D eigenvalue weighted by atomic mass is 35.5. The predicted octanol–water partition coefficient (Wildman–Crippen LogP) is 2.40. The fraction of sp³-hybridized carbons (Fsp3) is 0.222. The summed E-state index contributed by atoms with van der Waals surface area (Å²) in [6, 6.07) is 1.81. The van der Waals surface area contributed by atoms with Gasteiger partial charge in [-0.25, -0.2) is 0 Å². The predicted molar refractivity (Wildman–Crippen MR) is 52.0 cm³/mol. The smallest absolute Gasteiger partial charge is 0.259 e. The van der Waals surface area contributed by atoms with Gasteiger partial charge in [0.15, 0.2) is 5.82 Å². The minimum atomic E-state index is 0.429. The molecule has 0 radical (unpaired) electrons. The fourth-order valence-electron chi connectivity index (χ4n) is 1.11. The normalized spacial score (nSPS) is 10.5. The third-order valence-electron chi connectivity index (χ3n) is 1.75. The quantitative estimate of drug-likeness (QED) is 0.724. The maximum absolute atomic E-state index is 5.95. The third-order valence-corrected chi connectivity index (χ3v) is 2.05. The lowest BCUT2D eigenvalue weighted by Gasteiger charge is -1.98. The molecule has 0 saturated heterocycles. The standard InChI is InChI=1S/C9H8ClN3O/c1-5-3-7(8(10)4-11-5)9-12-6(2)13-14-9/h3-4H,1-2H3. The summed E-state index contributed by atoms with van der Waals surface area (Å²) >= 11 is 5.95. The van der Waals surface area contributed by atoms with Crippen molar-refractivity contribution in [3.8, 4) is 11.5 Å². The van der Waals surface area contributed by atoms with Crippen molar-refractivity contribution in [3.63, 3.8) is 0 Å². The van der Waals surface area contributed by atoms with Gasteiger partial charge >= 0.3 is 0 Å². The van der Waals surface area contributed by atoms with Crippen LogP contribution in [-0.2, 0) is 0 Å². The molecule has 2 aromatic heterocycles. The summed E-state index contributed by atoms with van der Waals surface area (Å²) in [6.45, 7) is 3.64. The summed E-state index contributed by atoms with van der Waals surface area (Å²) in [5.41, 5.74) is 1.58. The van der Waals surface area contributed by atoms with Gasteiger partial charge in [-0.2, -0.15) is 4.98 Å². The van der Waals surface area contributed by atoms with Crippen LogP contribution in [0.1, 0.15) is 11.5 Å². The van der Waals surface area contributed by atoms with Crippen LogP contribution in [0.15, 0.2) is 16.8 Å². The molecule has 0 N–H and O–H groups in total. The molecule has 0 fully saturated rings. The average Bonchev–Trinajstić information content (AvgIpc) is 2.56. The number of hydrogen-bond acceptors (Lipinski definition) is 4. The van der Waals surface area contributed by atoms with Gasteiger partial charge in [0.25, 0.3) is 5.89 Å². The minimum Gasteiger partial charge on any atom is -0.334 e. The number of hydrogen-bond donors (Lipinski definition) is 0. The van der Waals surface area contributed by atoms with Crippen LogP contribution >= 0.6 is 11.6 Å². The molecule has 4 nitrogen and oxygen atoms in total. The van der Waals surface area contributed by atoms with E-state index in [-0.39, 0.29) is 0 Å². The van der Waals surface area contributed by atoms with E-state index in [1.54, 1.807) is 13.1 Å². The Labute approximate surface area is 85.9 Å². The van der Waals surface area contributed by atoms with Crippen molar-refractivity contribution in [2.45, 2.75) is 13.8 Å². The minimum absolute atomic E-state index is 0.429. The van der Waals surface area contributed by atoms with Crippen molar-refractivity contribution in [2.75, 3.05) is 0 Å². The largest absolute Gasteiger partial charge is 0.334 e. The third kappa shape index (κ3) is 1.61. The van der Waals surface area contributed by atoms with Gasteiger partial charge in [-0.1, -0.05) is 16.8 Å². The molecule has 2 rings (SSSR count). The number of halogens is 1. The first-order chi connectivity index (χ1) is 6.66. The highest BCUT2D eigenvalue weighted by Crippen LogP contribution is 2.25. The van der Waals surface area contributed by atoms with Gasteiger partial charge in [-0.05, 0) is 19.9 Å². The van der Waals surface area contributed by atoms with Crippen LogP contribution in [0.3, 0.4) is 0 Å². The average molecular weight is 210 g/mol. The van der Waals surface area contributed by atoms with Crippen LogP contribution in [0, 0.1) is 13.8 Å². The Hall–Kier alpha value is -1.42. The van der Waals surface area contributed by atoms with E-state index in [0.717, 1.165) is 11.3 Å². The van der Waals surface area contributed by atoms with Crippen molar-refractivity contribution in [1.82, 2.24) is 15.1 Å². The molecule has 2 heterocycles. The van der Waals surface area contributed by atoms with Crippen molar-refractivity contribution >= 4 is 11.6 Å². The van der Waals surface area contributed by atoms with E-state index in [1.807, 2.05) is 13.0 Å². The molecule has 0 spiro atoms. The Bertz CT molecular complexity index is 467. The molecular formula is C9H8ClN3O.